The lowest BCUT2D eigenvalue weighted by Crippen LogP contribution is -2.00. The maximum atomic E-state index is 4.53. The number of hydrogen-bond acceptors (Lipinski definition) is 4. The second kappa shape index (κ2) is 6.57. The first-order valence-corrected chi connectivity index (χ1v) is 8.86. The minimum absolute atomic E-state index is 0.756. The Balaban J connectivity index is 1.34. The zero-order valence-corrected chi connectivity index (χ0v) is 14.6. The van der Waals surface area contributed by atoms with E-state index in [0.29, 0.717) is 0 Å². The molecule has 1 aliphatic rings. The van der Waals surface area contributed by atoms with Crippen LogP contribution in [0, 0.1) is 0 Å². The Labute approximate surface area is 156 Å². The Hall–Kier alpha value is -3.67. The molecule has 0 saturated carbocycles. The monoisotopic (exact) mass is 354 g/mol. The van der Waals surface area contributed by atoms with Gasteiger partial charge in [-0.15, -0.1) is 0 Å². The van der Waals surface area contributed by atoms with E-state index in [1.165, 1.54) is 5.56 Å². The second-order valence-electron chi connectivity index (χ2n) is 6.52. The number of anilines is 2. The Morgan fingerprint density at radius 2 is 2.07 bits per heavy atom. The molecule has 1 aromatic carbocycles. The number of H-pyrrole nitrogens is 1. The highest BCUT2D eigenvalue weighted by atomic mass is 15.3. The number of aromatic amines is 1. The van der Waals surface area contributed by atoms with Crippen molar-refractivity contribution in [1.82, 2.24) is 19.7 Å². The van der Waals surface area contributed by atoms with E-state index in [1.807, 2.05) is 35.4 Å². The summed E-state index contributed by atoms with van der Waals surface area (Å²) in [6.07, 6.45) is 9.66. The summed E-state index contributed by atoms with van der Waals surface area (Å²) in [5.41, 5.74) is 5.47. The number of nitrogens with one attached hydrogen (secondary N) is 2. The summed E-state index contributed by atoms with van der Waals surface area (Å²) in [7, 11) is 0. The smallest absolute Gasteiger partial charge is 0.132 e. The van der Waals surface area contributed by atoms with Crippen molar-refractivity contribution in [3.8, 4) is 0 Å². The molecule has 0 saturated heterocycles. The maximum absolute atomic E-state index is 4.53. The molecule has 6 heteroatoms. The molecule has 6 nitrogen and oxygen atoms in total. The zero-order chi connectivity index (χ0) is 18.1. The maximum Gasteiger partial charge on any atom is 0.132 e. The van der Waals surface area contributed by atoms with E-state index in [-0.39, 0.29) is 0 Å². The van der Waals surface area contributed by atoms with Crippen molar-refractivity contribution in [2.45, 2.75) is 6.54 Å². The summed E-state index contributed by atoms with van der Waals surface area (Å²) in [4.78, 5) is 12.2. The van der Waals surface area contributed by atoms with Crippen molar-refractivity contribution in [2.24, 2.45) is 4.99 Å². The molecule has 2 N–H and O–H groups in total. The third kappa shape index (κ3) is 3.25. The molecule has 27 heavy (non-hydrogen) atoms. The molecule has 0 radical (unpaired) electrons. The first-order chi connectivity index (χ1) is 13.3. The van der Waals surface area contributed by atoms with Gasteiger partial charge in [-0.05, 0) is 29.8 Å². The van der Waals surface area contributed by atoms with Crippen LogP contribution in [0.25, 0.3) is 16.5 Å². The average molecular weight is 354 g/mol. The molecule has 5 rings (SSSR count). The Morgan fingerprint density at radius 1 is 1.15 bits per heavy atom. The van der Waals surface area contributed by atoms with Crippen molar-refractivity contribution < 1.29 is 0 Å². The fourth-order valence-electron chi connectivity index (χ4n) is 3.21. The Morgan fingerprint density at radius 3 is 2.85 bits per heavy atom. The highest BCUT2D eigenvalue weighted by Gasteiger charge is 2.08. The summed E-state index contributed by atoms with van der Waals surface area (Å²) in [5.74, 6) is 0.810. The molecule has 132 valence electrons. The minimum atomic E-state index is 0.756. The lowest BCUT2D eigenvalue weighted by Gasteiger charge is -2.07. The molecule has 0 unspecified atom stereocenters. The van der Waals surface area contributed by atoms with Gasteiger partial charge in [-0.25, -0.2) is 4.98 Å². The van der Waals surface area contributed by atoms with E-state index < -0.39 is 0 Å². The molecular weight excluding hydrogens is 336 g/mol. The molecular formula is C21H18N6. The highest BCUT2D eigenvalue weighted by molar-refractivity contribution is 6.12. The van der Waals surface area contributed by atoms with Gasteiger partial charge in [0.25, 0.3) is 0 Å². The average Bonchev–Trinajstić information content (AvgIpc) is 3.44. The molecule has 4 aromatic rings. The van der Waals surface area contributed by atoms with Gasteiger partial charge in [0.1, 0.15) is 5.82 Å². The Bertz CT molecular complexity index is 1130. The minimum Gasteiger partial charge on any atom is -0.354 e. The van der Waals surface area contributed by atoms with Gasteiger partial charge in [0.15, 0.2) is 0 Å². The molecule has 0 fully saturated rings. The van der Waals surface area contributed by atoms with Gasteiger partial charge < -0.3 is 10.3 Å². The number of allylic oxidation sites excluding steroid dienone is 1. The predicted octanol–water partition coefficient (Wildman–Crippen LogP) is 4.02. The van der Waals surface area contributed by atoms with E-state index in [2.05, 4.69) is 61.8 Å². The lowest BCUT2D eigenvalue weighted by atomic mass is 10.2. The highest BCUT2D eigenvalue weighted by Crippen LogP contribution is 2.24. The van der Waals surface area contributed by atoms with E-state index in [9.17, 15) is 0 Å². The summed E-state index contributed by atoms with van der Waals surface area (Å²) >= 11 is 0. The number of hydrogen-bond donors (Lipinski definition) is 2. The van der Waals surface area contributed by atoms with Crippen LogP contribution in [-0.4, -0.2) is 32.5 Å². The van der Waals surface area contributed by atoms with E-state index in [4.69, 9.17) is 0 Å². The fourth-order valence-corrected chi connectivity index (χ4v) is 3.21. The molecule has 3 aromatic heterocycles. The predicted molar refractivity (Wildman–Crippen MR) is 108 cm³/mol. The first kappa shape index (κ1) is 15.6. The Kier molecular flexibility index (Phi) is 3.79. The van der Waals surface area contributed by atoms with Crippen LogP contribution >= 0.6 is 0 Å². The SMILES string of the molecule is C1=NCC=C1c1cc2cnc(Nc3ccc(Cn4cccn4)cc3)cc2[nH]1. The van der Waals surface area contributed by atoms with Gasteiger partial charge in [0.05, 0.1) is 18.6 Å². The van der Waals surface area contributed by atoms with Crippen LogP contribution in [0.3, 0.4) is 0 Å². The summed E-state index contributed by atoms with van der Waals surface area (Å²) in [6.45, 7) is 1.52. The number of aliphatic imine (C=N–C) groups is 1. The number of nitrogens with zero attached hydrogens (tertiary/aromatic N) is 4. The van der Waals surface area contributed by atoms with Gasteiger partial charge in [0.2, 0.25) is 0 Å². The topological polar surface area (TPSA) is 70.9 Å². The lowest BCUT2D eigenvalue weighted by molar-refractivity contribution is 0.687. The number of rotatable bonds is 5. The van der Waals surface area contributed by atoms with E-state index in [0.717, 1.165) is 46.8 Å². The van der Waals surface area contributed by atoms with Crippen LogP contribution in [0.2, 0.25) is 0 Å². The van der Waals surface area contributed by atoms with E-state index in [1.54, 1.807) is 6.20 Å². The van der Waals surface area contributed by atoms with Crippen molar-refractivity contribution in [1.29, 1.82) is 0 Å². The molecule has 4 heterocycles. The quantitative estimate of drug-likeness (QED) is 0.569. The van der Waals surface area contributed by atoms with Gasteiger partial charge >= 0.3 is 0 Å². The molecule has 0 spiro atoms. The van der Waals surface area contributed by atoms with Gasteiger partial charge in [-0.2, -0.15) is 5.10 Å². The first-order valence-electron chi connectivity index (χ1n) is 8.86. The van der Waals surface area contributed by atoms with Crippen LogP contribution in [0.5, 0.6) is 0 Å². The van der Waals surface area contributed by atoms with Crippen molar-refractivity contribution in [2.75, 3.05) is 11.9 Å². The third-order valence-corrected chi connectivity index (χ3v) is 4.59. The van der Waals surface area contributed by atoms with Crippen LogP contribution in [0.1, 0.15) is 11.3 Å². The van der Waals surface area contributed by atoms with E-state index >= 15 is 0 Å². The van der Waals surface area contributed by atoms with Crippen LogP contribution in [0.4, 0.5) is 11.5 Å². The molecule has 1 aliphatic heterocycles. The van der Waals surface area contributed by atoms with Gasteiger partial charge in [0, 0.05) is 53.2 Å². The fraction of sp³-hybridized carbons (Fsp3) is 0.0952. The summed E-state index contributed by atoms with van der Waals surface area (Å²) in [5, 5.41) is 8.69. The normalized spacial score (nSPS) is 13.3. The third-order valence-electron chi connectivity index (χ3n) is 4.59. The molecule has 0 amide bonds. The van der Waals surface area contributed by atoms with Crippen molar-refractivity contribution in [3.63, 3.8) is 0 Å². The van der Waals surface area contributed by atoms with Crippen LogP contribution in [-0.2, 0) is 6.54 Å². The number of pyridine rings is 1. The molecule has 0 bridgehead atoms. The number of benzene rings is 1. The number of aromatic nitrogens is 4. The van der Waals surface area contributed by atoms with Gasteiger partial charge in [-0.3, -0.25) is 9.67 Å². The van der Waals surface area contributed by atoms with Crippen molar-refractivity contribution in [3.05, 3.63) is 78.4 Å². The zero-order valence-electron chi connectivity index (χ0n) is 14.6. The van der Waals surface area contributed by atoms with Gasteiger partial charge in [-0.1, -0.05) is 18.2 Å². The summed E-state index contributed by atoms with van der Waals surface area (Å²) in [6, 6.07) is 14.4. The largest absolute Gasteiger partial charge is 0.354 e. The number of fused-ring (bicyclic) bond motifs is 1. The standard InChI is InChI=1S/C21H18N6/c1-7-24-27(9-1)14-15-2-4-18(5-3-15)25-21-11-20-17(13-23-21)10-19(26-20)16-6-8-22-12-16/h1-7,9-13,26H,8,14H2,(H,23,25). The molecule has 0 aliphatic carbocycles. The molecule has 0 atom stereocenters. The second-order valence-corrected chi connectivity index (χ2v) is 6.52. The summed E-state index contributed by atoms with van der Waals surface area (Å²) < 4.78 is 1.91. The van der Waals surface area contributed by atoms with Crippen LogP contribution < -0.4 is 5.32 Å². The van der Waals surface area contributed by atoms with Crippen LogP contribution in [0.15, 0.2) is 72.1 Å². The van der Waals surface area contributed by atoms with Crippen molar-refractivity contribution >= 4 is 34.2 Å².